The van der Waals surface area contributed by atoms with Gasteiger partial charge < -0.3 is 20.4 Å². The Morgan fingerprint density at radius 3 is 2.45 bits per heavy atom. The van der Waals surface area contributed by atoms with Crippen molar-refractivity contribution in [3.05, 3.63) is 119 Å². The molecule has 242 valence electrons. The monoisotopic (exact) mass is 639 g/mol. The summed E-state index contributed by atoms with van der Waals surface area (Å²) in [7, 11) is 1.54. The Kier molecular flexibility index (Phi) is 9.64. The standard InChI is InChI=1S/C36H35F2N5O4/c1-36(2,3)47-35(46)42-27-10-11-30-29(19-27)24(20-41-30)17-32(44)43-31(15-21-13-25(37)18-26(38)14-21)33-28(9-6-12-40-33)22-7-5-8-23(16-22)34(45)39-4/h5-14,16,18-20,31,41H,15,17H2,1-4H3,(H,39,45)(H,42,46)(H,43,44)/t31-/m0/s1. The number of hydrogen-bond donors (Lipinski definition) is 4. The van der Waals surface area contributed by atoms with Gasteiger partial charge in [-0.15, -0.1) is 0 Å². The number of carbonyl (C=O) groups excluding carboxylic acids is 3. The summed E-state index contributed by atoms with van der Waals surface area (Å²) in [6, 6.07) is 18.2. The Balaban J connectivity index is 1.45. The topological polar surface area (TPSA) is 125 Å². The lowest BCUT2D eigenvalue weighted by atomic mass is 9.94. The number of fused-ring (bicyclic) bond motifs is 1. The van der Waals surface area contributed by atoms with Crippen LogP contribution in [0, 0.1) is 11.6 Å². The number of nitrogens with one attached hydrogen (secondary N) is 4. The first-order chi connectivity index (χ1) is 22.4. The number of halogens is 2. The predicted molar refractivity (Wildman–Crippen MR) is 176 cm³/mol. The van der Waals surface area contributed by atoms with Crippen LogP contribution in [0.2, 0.25) is 0 Å². The molecule has 3 amide bonds. The van der Waals surface area contributed by atoms with Crippen LogP contribution in [0.1, 0.15) is 54.0 Å². The molecule has 2 heterocycles. The molecule has 0 aliphatic rings. The Morgan fingerprint density at radius 1 is 0.957 bits per heavy atom. The average molecular weight is 640 g/mol. The minimum Gasteiger partial charge on any atom is -0.444 e. The number of rotatable bonds is 9. The van der Waals surface area contributed by atoms with Gasteiger partial charge in [0, 0.05) is 53.2 Å². The normalized spacial score (nSPS) is 12.0. The highest BCUT2D eigenvalue weighted by Crippen LogP contribution is 2.30. The zero-order valence-corrected chi connectivity index (χ0v) is 26.4. The van der Waals surface area contributed by atoms with E-state index >= 15 is 0 Å². The Morgan fingerprint density at radius 2 is 1.72 bits per heavy atom. The highest BCUT2D eigenvalue weighted by Gasteiger charge is 2.23. The summed E-state index contributed by atoms with van der Waals surface area (Å²) in [5.41, 5.74) is 3.81. The fourth-order valence-electron chi connectivity index (χ4n) is 5.33. The maximum atomic E-state index is 14.2. The quantitative estimate of drug-likeness (QED) is 0.140. The SMILES string of the molecule is CNC(=O)c1cccc(-c2cccnc2[C@H](Cc2cc(F)cc(F)c2)NC(=O)Cc2c[nH]c3ccc(NC(=O)OC(C)(C)C)cc23)c1. The first-order valence-corrected chi connectivity index (χ1v) is 15.0. The molecular weight excluding hydrogens is 604 g/mol. The van der Waals surface area contributed by atoms with E-state index in [9.17, 15) is 23.2 Å². The van der Waals surface area contributed by atoms with Crippen LogP contribution >= 0.6 is 0 Å². The van der Waals surface area contributed by atoms with Crippen molar-refractivity contribution in [2.75, 3.05) is 12.4 Å². The highest BCUT2D eigenvalue weighted by molar-refractivity contribution is 5.96. The molecule has 0 unspecified atom stereocenters. The van der Waals surface area contributed by atoms with Gasteiger partial charge in [-0.1, -0.05) is 18.2 Å². The number of H-pyrrole nitrogens is 1. The summed E-state index contributed by atoms with van der Waals surface area (Å²) in [4.78, 5) is 46.1. The summed E-state index contributed by atoms with van der Waals surface area (Å²) < 4.78 is 33.8. The van der Waals surface area contributed by atoms with Crippen LogP contribution in [-0.4, -0.2) is 40.5 Å². The number of aromatic nitrogens is 2. The summed E-state index contributed by atoms with van der Waals surface area (Å²) in [6.45, 7) is 5.31. The average Bonchev–Trinajstić information content (AvgIpc) is 3.40. The lowest BCUT2D eigenvalue weighted by molar-refractivity contribution is -0.121. The molecule has 9 nitrogen and oxygen atoms in total. The fourth-order valence-corrected chi connectivity index (χ4v) is 5.33. The van der Waals surface area contributed by atoms with Crippen LogP contribution in [0.15, 0.2) is 85.2 Å². The molecule has 1 atom stereocenters. The van der Waals surface area contributed by atoms with Crippen molar-refractivity contribution in [2.24, 2.45) is 0 Å². The molecular formula is C36H35F2N5O4. The molecule has 2 aromatic heterocycles. The minimum atomic E-state index is -0.793. The maximum Gasteiger partial charge on any atom is 0.412 e. The number of amides is 3. The van der Waals surface area contributed by atoms with Crippen LogP contribution < -0.4 is 16.0 Å². The third-order valence-corrected chi connectivity index (χ3v) is 7.29. The van der Waals surface area contributed by atoms with Crippen molar-refractivity contribution >= 4 is 34.5 Å². The molecule has 0 saturated heterocycles. The van der Waals surface area contributed by atoms with Gasteiger partial charge in [-0.05, 0) is 92.4 Å². The van der Waals surface area contributed by atoms with Crippen molar-refractivity contribution in [1.29, 1.82) is 0 Å². The lowest BCUT2D eigenvalue weighted by Gasteiger charge is -2.22. The van der Waals surface area contributed by atoms with Crippen LogP contribution in [0.25, 0.3) is 22.0 Å². The molecule has 0 bridgehead atoms. The van der Waals surface area contributed by atoms with Crippen molar-refractivity contribution in [3.8, 4) is 11.1 Å². The van der Waals surface area contributed by atoms with Gasteiger partial charge in [-0.2, -0.15) is 0 Å². The van der Waals surface area contributed by atoms with Gasteiger partial charge in [-0.3, -0.25) is 19.9 Å². The van der Waals surface area contributed by atoms with E-state index in [0.29, 0.717) is 39.2 Å². The van der Waals surface area contributed by atoms with E-state index in [1.54, 1.807) is 82.7 Å². The minimum absolute atomic E-state index is 0.0391. The summed E-state index contributed by atoms with van der Waals surface area (Å²) in [6.07, 6.45) is 2.69. The number of carbonyl (C=O) groups is 3. The van der Waals surface area contributed by atoms with Crippen molar-refractivity contribution in [1.82, 2.24) is 20.6 Å². The lowest BCUT2D eigenvalue weighted by Crippen LogP contribution is -2.32. The van der Waals surface area contributed by atoms with Gasteiger partial charge in [0.25, 0.3) is 5.91 Å². The van der Waals surface area contributed by atoms with E-state index in [1.807, 2.05) is 12.1 Å². The van der Waals surface area contributed by atoms with Gasteiger partial charge in [0.15, 0.2) is 0 Å². The maximum absolute atomic E-state index is 14.2. The number of benzene rings is 3. The van der Waals surface area contributed by atoms with Gasteiger partial charge in [0.1, 0.15) is 17.2 Å². The largest absolute Gasteiger partial charge is 0.444 e. The summed E-state index contributed by atoms with van der Waals surface area (Å²) in [5, 5.41) is 9.08. The molecule has 3 aromatic carbocycles. The van der Waals surface area contributed by atoms with Crippen LogP contribution in [-0.2, 0) is 22.4 Å². The molecule has 0 saturated carbocycles. The third kappa shape index (κ3) is 8.37. The molecule has 0 aliphatic carbocycles. The number of anilines is 1. The smallest absolute Gasteiger partial charge is 0.412 e. The molecule has 5 aromatic rings. The Bertz CT molecular complexity index is 1930. The zero-order chi connectivity index (χ0) is 33.7. The first-order valence-electron chi connectivity index (χ1n) is 15.0. The number of aromatic amines is 1. The number of ether oxygens (including phenoxy) is 1. The van der Waals surface area contributed by atoms with Crippen molar-refractivity contribution < 1.29 is 27.9 Å². The third-order valence-electron chi connectivity index (χ3n) is 7.29. The zero-order valence-electron chi connectivity index (χ0n) is 26.4. The molecule has 47 heavy (non-hydrogen) atoms. The van der Waals surface area contributed by atoms with Gasteiger partial charge >= 0.3 is 6.09 Å². The first kappa shape index (κ1) is 32.8. The Hall–Kier alpha value is -5.58. The van der Waals surface area contributed by atoms with Gasteiger partial charge in [-0.25, -0.2) is 13.6 Å². The van der Waals surface area contributed by atoms with E-state index in [4.69, 9.17) is 4.74 Å². The van der Waals surface area contributed by atoms with E-state index in [2.05, 4.69) is 25.9 Å². The van der Waals surface area contributed by atoms with E-state index < -0.39 is 29.4 Å². The predicted octanol–water partition coefficient (Wildman–Crippen LogP) is 6.86. The van der Waals surface area contributed by atoms with Crippen LogP contribution in [0.5, 0.6) is 0 Å². The summed E-state index contributed by atoms with van der Waals surface area (Å²) in [5.74, 6) is -2.10. The van der Waals surface area contributed by atoms with Gasteiger partial charge in [0.2, 0.25) is 5.91 Å². The molecule has 0 aliphatic heterocycles. The molecule has 5 rings (SSSR count). The van der Waals surface area contributed by atoms with Crippen LogP contribution in [0.3, 0.4) is 0 Å². The second-order valence-electron chi connectivity index (χ2n) is 12.1. The molecule has 4 N–H and O–H groups in total. The summed E-state index contributed by atoms with van der Waals surface area (Å²) >= 11 is 0. The van der Waals surface area contributed by atoms with Crippen LogP contribution in [0.4, 0.5) is 19.3 Å². The second kappa shape index (κ2) is 13.8. The molecule has 0 spiro atoms. The number of pyridine rings is 1. The van der Waals surface area contributed by atoms with Crippen molar-refractivity contribution in [3.63, 3.8) is 0 Å². The van der Waals surface area contributed by atoms with E-state index in [-0.39, 0.29) is 24.7 Å². The Labute approximate surface area is 270 Å². The molecule has 0 fully saturated rings. The second-order valence-corrected chi connectivity index (χ2v) is 12.1. The van der Waals surface area contributed by atoms with Gasteiger partial charge in [0.05, 0.1) is 18.2 Å². The fraction of sp³-hybridized carbons (Fsp3) is 0.222. The highest BCUT2D eigenvalue weighted by atomic mass is 19.1. The molecule has 0 radical (unpaired) electrons. The number of nitrogens with zero attached hydrogens (tertiary/aromatic N) is 1. The van der Waals surface area contributed by atoms with E-state index in [1.165, 1.54) is 12.1 Å². The molecule has 11 heteroatoms. The van der Waals surface area contributed by atoms with Crippen molar-refractivity contribution in [2.45, 2.75) is 45.3 Å². The van der Waals surface area contributed by atoms with E-state index in [0.717, 1.165) is 17.0 Å². The number of hydrogen-bond acceptors (Lipinski definition) is 5.